The van der Waals surface area contributed by atoms with Crippen molar-refractivity contribution in [2.45, 2.75) is 4.21 Å². The monoisotopic (exact) mass is 324 g/mol. The number of halogens is 1. The fourth-order valence-corrected chi connectivity index (χ4v) is 4.29. The van der Waals surface area contributed by atoms with E-state index in [1.54, 1.807) is 12.1 Å². The maximum atomic E-state index is 12.2. The SMILES string of the molecule is O=S(=O)(Nc1cnc2ccccc2c1)c1ccc(Cl)s1. The number of para-hydroxylation sites is 1. The van der Waals surface area contributed by atoms with E-state index in [9.17, 15) is 8.42 Å². The summed E-state index contributed by atoms with van der Waals surface area (Å²) in [4.78, 5) is 4.21. The first-order chi connectivity index (χ1) is 9.54. The standard InChI is InChI=1S/C13H9ClN2O2S2/c14-12-5-6-13(19-12)20(17,18)16-10-7-9-3-1-2-4-11(9)15-8-10/h1-8,16H. The third-order valence-electron chi connectivity index (χ3n) is 2.66. The van der Waals surface area contributed by atoms with Crippen LogP contribution < -0.4 is 4.72 Å². The highest BCUT2D eigenvalue weighted by Gasteiger charge is 2.16. The number of anilines is 1. The molecule has 0 unspecified atom stereocenters. The Morgan fingerprint density at radius 3 is 2.70 bits per heavy atom. The molecule has 0 saturated heterocycles. The molecule has 4 nitrogen and oxygen atoms in total. The van der Waals surface area contributed by atoms with Gasteiger partial charge in [0.15, 0.2) is 0 Å². The second kappa shape index (κ2) is 5.05. The molecule has 0 saturated carbocycles. The molecule has 20 heavy (non-hydrogen) atoms. The highest BCUT2D eigenvalue weighted by Crippen LogP contribution is 2.27. The van der Waals surface area contributed by atoms with E-state index < -0.39 is 10.0 Å². The lowest BCUT2D eigenvalue weighted by atomic mass is 10.2. The summed E-state index contributed by atoms with van der Waals surface area (Å²) in [5.41, 5.74) is 1.24. The minimum atomic E-state index is -3.62. The molecule has 0 amide bonds. The largest absolute Gasteiger partial charge is 0.277 e. The van der Waals surface area contributed by atoms with Gasteiger partial charge in [-0.3, -0.25) is 9.71 Å². The highest BCUT2D eigenvalue weighted by molar-refractivity contribution is 7.94. The quantitative estimate of drug-likeness (QED) is 0.798. The zero-order valence-electron chi connectivity index (χ0n) is 10.1. The van der Waals surface area contributed by atoms with Crippen LogP contribution in [-0.2, 0) is 10.0 Å². The molecule has 3 rings (SSSR count). The molecule has 1 aromatic carbocycles. The van der Waals surface area contributed by atoms with Crippen molar-refractivity contribution in [2.75, 3.05) is 4.72 Å². The van der Waals surface area contributed by atoms with Crippen LogP contribution in [0.3, 0.4) is 0 Å². The Bertz CT molecular complexity index is 875. The number of benzene rings is 1. The normalized spacial score (nSPS) is 11.7. The molecule has 0 atom stereocenters. The Morgan fingerprint density at radius 1 is 1.15 bits per heavy atom. The molecule has 2 aromatic heterocycles. The summed E-state index contributed by atoms with van der Waals surface area (Å²) in [5, 5.41) is 0.872. The summed E-state index contributed by atoms with van der Waals surface area (Å²) < 4.78 is 27.4. The van der Waals surface area contributed by atoms with Gasteiger partial charge in [0.25, 0.3) is 10.0 Å². The van der Waals surface area contributed by atoms with Gasteiger partial charge in [0.1, 0.15) is 4.21 Å². The van der Waals surface area contributed by atoms with E-state index in [2.05, 4.69) is 9.71 Å². The molecule has 0 aliphatic heterocycles. The number of hydrogen-bond donors (Lipinski definition) is 1. The highest BCUT2D eigenvalue weighted by atomic mass is 35.5. The van der Waals surface area contributed by atoms with Crippen LogP contribution in [0.4, 0.5) is 5.69 Å². The predicted molar refractivity (Wildman–Crippen MR) is 81.9 cm³/mol. The third-order valence-corrected chi connectivity index (χ3v) is 5.76. The first-order valence-corrected chi connectivity index (χ1v) is 8.35. The van der Waals surface area contributed by atoms with Crippen LogP contribution in [0.15, 0.2) is 52.9 Å². The van der Waals surface area contributed by atoms with E-state index in [4.69, 9.17) is 11.6 Å². The Labute approximate surface area is 125 Å². The van der Waals surface area contributed by atoms with Gasteiger partial charge in [0.05, 0.1) is 21.7 Å². The zero-order chi connectivity index (χ0) is 14.2. The number of nitrogens with zero attached hydrogens (tertiary/aromatic N) is 1. The molecule has 0 spiro atoms. The molecule has 0 aliphatic rings. The van der Waals surface area contributed by atoms with Crippen LogP contribution in [0.25, 0.3) is 10.9 Å². The fraction of sp³-hybridized carbons (Fsp3) is 0. The van der Waals surface area contributed by atoms with Crippen LogP contribution in [-0.4, -0.2) is 13.4 Å². The van der Waals surface area contributed by atoms with E-state index >= 15 is 0 Å². The number of pyridine rings is 1. The van der Waals surface area contributed by atoms with Gasteiger partial charge in [0.2, 0.25) is 0 Å². The molecule has 0 fully saturated rings. The number of rotatable bonds is 3. The first-order valence-electron chi connectivity index (χ1n) is 5.67. The number of aromatic nitrogens is 1. The summed E-state index contributed by atoms with van der Waals surface area (Å²) in [6, 6.07) is 12.3. The van der Waals surface area contributed by atoms with Crippen LogP contribution in [0.2, 0.25) is 4.34 Å². The molecular weight excluding hydrogens is 316 g/mol. The van der Waals surface area contributed by atoms with Crippen molar-refractivity contribution >= 4 is 49.6 Å². The average molecular weight is 325 g/mol. The van der Waals surface area contributed by atoms with E-state index in [0.29, 0.717) is 10.0 Å². The summed E-state index contributed by atoms with van der Waals surface area (Å²) in [6.45, 7) is 0. The Kier molecular flexibility index (Phi) is 3.37. The first kappa shape index (κ1) is 13.4. The molecule has 0 aliphatic carbocycles. The van der Waals surface area contributed by atoms with Crippen molar-refractivity contribution in [3.63, 3.8) is 0 Å². The predicted octanol–water partition coefficient (Wildman–Crippen LogP) is 3.75. The number of thiophene rings is 1. The lowest BCUT2D eigenvalue weighted by Gasteiger charge is -2.06. The summed E-state index contributed by atoms with van der Waals surface area (Å²) in [7, 11) is -3.62. The van der Waals surface area contributed by atoms with Crippen molar-refractivity contribution in [2.24, 2.45) is 0 Å². The molecule has 1 N–H and O–H groups in total. The van der Waals surface area contributed by atoms with Crippen molar-refractivity contribution in [1.82, 2.24) is 4.98 Å². The van der Waals surface area contributed by atoms with Gasteiger partial charge in [-0.25, -0.2) is 8.42 Å². The van der Waals surface area contributed by atoms with Crippen LogP contribution >= 0.6 is 22.9 Å². The van der Waals surface area contributed by atoms with Gasteiger partial charge in [-0.05, 0) is 24.3 Å². The van der Waals surface area contributed by atoms with Gasteiger partial charge in [-0.2, -0.15) is 0 Å². The lowest BCUT2D eigenvalue weighted by Crippen LogP contribution is -2.11. The minimum Gasteiger partial charge on any atom is -0.277 e. The zero-order valence-corrected chi connectivity index (χ0v) is 12.5. The van der Waals surface area contributed by atoms with Crippen molar-refractivity contribution in [3.8, 4) is 0 Å². The maximum Gasteiger partial charge on any atom is 0.271 e. The van der Waals surface area contributed by atoms with E-state index in [1.165, 1.54) is 12.3 Å². The Hall–Kier alpha value is -1.63. The number of sulfonamides is 1. The molecule has 0 radical (unpaired) electrons. The average Bonchev–Trinajstić information content (AvgIpc) is 2.86. The summed E-state index contributed by atoms with van der Waals surface area (Å²) in [5.74, 6) is 0. The van der Waals surface area contributed by atoms with Crippen molar-refractivity contribution in [1.29, 1.82) is 0 Å². The Morgan fingerprint density at radius 2 is 1.95 bits per heavy atom. The number of hydrogen-bond acceptors (Lipinski definition) is 4. The van der Waals surface area contributed by atoms with E-state index in [-0.39, 0.29) is 4.21 Å². The summed E-state index contributed by atoms with van der Waals surface area (Å²) >= 11 is 6.77. The van der Waals surface area contributed by atoms with E-state index in [0.717, 1.165) is 22.2 Å². The number of fused-ring (bicyclic) bond motifs is 1. The van der Waals surface area contributed by atoms with Crippen molar-refractivity contribution in [3.05, 3.63) is 53.0 Å². The lowest BCUT2D eigenvalue weighted by molar-refractivity contribution is 0.603. The third kappa shape index (κ3) is 2.63. The maximum absolute atomic E-state index is 12.2. The topological polar surface area (TPSA) is 59.1 Å². The fourth-order valence-electron chi connectivity index (χ4n) is 1.77. The second-order valence-electron chi connectivity index (χ2n) is 4.08. The van der Waals surface area contributed by atoms with Gasteiger partial charge >= 0.3 is 0 Å². The summed E-state index contributed by atoms with van der Waals surface area (Å²) in [6.07, 6.45) is 1.50. The van der Waals surface area contributed by atoms with Crippen LogP contribution in [0.5, 0.6) is 0 Å². The molecule has 7 heteroatoms. The van der Waals surface area contributed by atoms with Gasteiger partial charge in [0, 0.05) is 5.39 Å². The number of nitrogens with one attached hydrogen (secondary N) is 1. The van der Waals surface area contributed by atoms with Gasteiger partial charge < -0.3 is 0 Å². The molecular formula is C13H9ClN2O2S2. The molecule has 102 valence electrons. The Balaban J connectivity index is 1.96. The second-order valence-corrected chi connectivity index (χ2v) is 7.71. The van der Waals surface area contributed by atoms with Gasteiger partial charge in [-0.1, -0.05) is 29.8 Å². The van der Waals surface area contributed by atoms with Crippen LogP contribution in [0.1, 0.15) is 0 Å². The molecule has 3 aromatic rings. The minimum absolute atomic E-state index is 0.177. The molecule has 0 bridgehead atoms. The van der Waals surface area contributed by atoms with E-state index in [1.807, 2.05) is 24.3 Å². The van der Waals surface area contributed by atoms with Gasteiger partial charge in [-0.15, -0.1) is 11.3 Å². The molecule has 2 heterocycles. The van der Waals surface area contributed by atoms with Crippen molar-refractivity contribution < 1.29 is 8.42 Å². The smallest absolute Gasteiger partial charge is 0.271 e. The van der Waals surface area contributed by atoms with Crippen LogP contribution in [0, 0.1) is 0 Å².